The number of nitrogens with zero attached hydrogens (tertiary/aromatic N) is 2. The van der Waals surface area contributed by atoms with Gasteiger partial charge in [-0.1, -0.05) is 13.0 Å². The van der Waals surface area contributed by atoms with Crippen LogP contribution >= 0.6 is 0 Å². The van der Waals surface area contributed by atoms with Gasteiger partial charge in [-0.05, 0) is 44.4 Å². The van der Waals surface area contributed by atoms with Crippen LogP contribution in [0.3, 0.4) is 0 Å². The van der Waals surface area contributed by atoms with Crippen molar-refractivity contribution in [3.8, 4) is 0 Å². The van der Waals surface area contributed by atoms with E-state index in [1.807, 2.05) is 18.5 Å². The zero-order chi connectivity index (χ0) is 12.3. The largest absolute Gasteiger partial charge is 0.326 e. The van der Waals surface area contributed by atoms with Gasteiger partial charge < -0.3 is 5.73 Å². The fraction of sp³-hybridized carbons (Fsp3) is 0.643. The van der Waals surface area contributed by atoms with Crippen molar-refractivity contribution in [3.05, 3.63) is 30.1 Å². The van der Waals surface area contributed by atoms with E-state index in [1.165, 1.54) is 31.4 Å². The number of likely N-dealkylation sites (tertiary alicyclic amines) is 1. The summed E-state index contributed by atoms with van der Waals surface area (Å²) in [4.78, 5) is 6.80. The molecule has 0 saturated carbocycles. The highest BCUT2D eigenvalue weighted by Crippen LogP contribution is 2.32. The lowest BCUT2D eigenvalue weighted by atomic mass is 9.99. The summed E-state index contributed by atoms with van der Waals surface area (Å²) in [5.74, 6) is 0. The SMILES string of the molecule is CCC1CCCN1C(c1cccnc1)C(C)N. The molecule has 1 aliphatic heterocycles. The van der Waals surface area contributed by atoms with E-state index in [2.05, 4.69) is 29.8 Å². The Hall–Kier alpha value is -0.930. The molecule has 3 atom stereocenters. The summed E-state index contributed by atoms with van der Waals surface area (Å²) in [7, 11) is 0. The quantitative estimate of drug-likeness (QED) is 0.868. The molecular weight excluding hydrogens is 210 g/mol. The maximum Gasteiger partial charge on any atom is 0.0514 e. The van der Waals surface area contributed by atoms with Crippen molar-refractivity contribution in [2.45, 2.75) is 51.2 Å². The molecule has 94 valence electrons. The number of nitrogens with two attached hydrogens (primary N) is 1. The molecule has 1 aromatic rings. The Labute approximate surface area is 104 Å². The van der Waals surface area contributed by atoms with Gasteiger partial charge in [0.15, 0.2) is 0 Å². The molecule has 2 rings (SSSR count). The van der Waals surface area contributed by atoms with E-state index in [4.69, 9.17) is 5.73 Å². The van der Waals surface area contributed by atoms with Gasteiger partial charge in [-0.3, -0.25) is 9.88 Å². The zero-order valence-electron chi connectivity index (χ0n) is 10.8. The minimum Gasteiger partial charge on any atom is -0.326 e. The van der Waals surface area contributed by atoms with E-state index in [1.54, 1.807) is 0 Å². The summed E-state index contributed by atoms with van der Waals surface area (Å²) in [6, 6.07) is 5.29. The number of rotatable bonds is 4. The van der Waals surface area contributed by atoms with Crippen molar-refractivity contribution in [1.29, 1.82) is 0 Å². The third-order valence-electron chi connectivity index (χ3n) is 3.78. The van der Waals surface area contributed by atoms with Gasteiger partial charge in [0.05, 0.1) is 6.04 Å². The average Bonchev–Trinajstić information content (AvgIpc) is 2.78. The Morgan fingerprint density at radius 3 is 3.00 bits per heavy atom. The minimum atomic E-state index is 0.145. The first kappa shape index (κ1) is 12.5. The fourth-order valence-corrected chi connectivity index (χ4v) is 3.01. The Kier molecular flexibility index (Phi) is 4.13. The second-order valence-corrected chi connectivity index (χ2v) is 5.03. The van der Waals surface area contributed by atoms with Crippen molar-refractivity contribution >= 4 is 0 Å². The normalized spacial score (nSPS) is 24.8. The maximum atomic E-state index is 6.20. The van der Waals surface area contributed by atoms with E-state index >= 15 is 0 Å². The van der Waals surface area contributed by atoms with E-state index < -0.39 is 0 Å². The van der Waals surface area contributed by atoms with Crippen LogP contribution in [0.2, 0.25) is 0 Å². The first-order chi connectivity index (χ1) is 8.24. The lowest BCUT2D eigenvalue weighted by Gasteiger charge is -2.35. The van der Waals surface area contributed by atoms with Crippen molar-refractivity contribution in [1.82, 2.24) is 9.88 Å². The highest BCUT2D eigenvalue weighted by molar-refractivity contribution is 5.17. The predicted molar refractivity (Wildman–Crippen MR) is 70.6 cm³/mol. The minimum absolute atomic E-state index is 0.145. The van der Waals surface area contributed by atoms with Crippen LogP contribution < -0.4 is 5.73 Å². The highest BCUT2D eigenvalue weighted by atomic mass is 15.2. The van der Waals surface area contributed by atoms with Crippen LogP contribution in [0.25, 0.3) is 0 Å². The zero-order valence-corrected chi connectivity index (χ0v) is 10.8. The Morgan fingerprint density at radius 2 is 2.41 bits per heavy atom. The van der Waals surface area contributed by atoms with Crippen LogP contribution in [-0.2, 0) is 0 Å². The molecule has 3 unspecified atom stereocenters. The molecule has 3 heteroatoms. The molecular formula is C14H23N3. The van der Waals surface area contributed by atoms with E-state index in [9.17, 15) is 0 Å². The molecule has 17 heavy (non-hydrogen) atoms. The van der Waals surface area contributed by atoms with E-state index in [0.717, 1.165) is 0 Å². The predicted octanol–water partition coefficient (Wildman–Crippen LogP) is 2.34. The topological polar surface area (TPSA) is 42.2 Å². The van der Waals surface area contributed by atoms with Crippen LogP contribution in [-0.4, -0.2) is 28.5 Å². The van der Waals surface area contributed by atoms with Gasteiger partial charge in [-0.25, -0.2) is 0 Å². The molecule has 1 fully saturated rings. The highest BCUT2D eigenvalue weighted by Gasteiger charge is 2.32. The summed E-state index contributed by atoms with van der Waals surface area (Å²) >= 11 is 0. The molecule has 1 aromatic heterocycles. The monoisotopic (exact) mass is 233 g/mol. The van der Waals surface area contributed by atoms with Gasteiger partial charge in [-0.2, -0.15) is 0 Å². The lowest BCUT2D eigenvalue weighted by Crippen LogP contribution is -2.42. The van der Waals surface area contributed by atoms with Crippen molar-refractivity contribution in [3.63, 3.8) is 0 Å². The maximum absolute atomic E-state index is 6.20. The van der Waals surface area contributed by atoms with Gasteiger partial charge in [-0.15, -0.1) is 0 Å². The average molecular weight is 233 g/mol. The molecule has 0 amide bonds. The van der Waals surface area contributed by atoms with Gasteiger partial charge >= 0.3 is 0 Å². The third kappa shape index (κ3) is 2.67. The molecule has 0 radical (unpaired) electrons. The van der Waals surface area contributed by atoms with Crippen LogP contribution in [0.4, 0.5) is 0 Å². The third-order valence-corrected chi connectivity index (χ3v) is 3.78. The first-order valence-electron chi connectivity index (χ1n) is 6.65. The van der Waals surface area contributed by atoms with E-state index in [-0.39, 0.29) is 6.04 Å². The summed E-state index contributed by atoms with van der Waals surface area (Å²) in [6.45, 7) is 5.53. The van der Waals surface area contributed by atoms with Crippen LogP contribution in [0.5, 0.6) is 0 Å². The van der Waals surface area contributed by atoms with Crippen LogP contribution in [0.15, 0.2) is 24.5 Å². The fourth-order valence-electron chi connectivity index (χ4n) is 3.01. The molecule has 2 heterocycles. The van der Waals surface area contributed by atoms with Gasteiger partial charge in [0.25, 0.3) is 0 Å². The second-order valence-electron chi connectivity index (χ2n) is 5.03. The lowest BCUT2D eigenvalue weighted by molar-refractivity contribution is 0.157. The van der Waals surface area contributed by atoms with Gasteiger partial charge in [0.1, 0.15) is 0 Å². The summed E-state index contributed by atoms with van der Waals surface area (Å²) in [6.07, 6.45) is 7.59. The van der Waals surface area contributed by atoms with Crippen molar-refractivity contribution in [2.24, 2.45) is 5.73 Å². The summed E-state index contributed by atoms with van der Waals surface area (Å²) < 4.78 is 0. The smallest absolute Gasteiger partial charge is 0.0514 e. The molecule has 2 N–H and O–H groups in total. The second kappa shape index (κ2) is 5.61. The number of pyridine rings is 1. The molecule has 0 bridgehead atoms. The van der Waals surface area contributed by atoms with Crippen molar-refractivity contribution < 1.29 is 0 Å². The van der Waals surface area contributed by atoms with Gasteiger partial charge in [0, 0.05) is 24.5 Å². The summed E-state index contributed by atoms with van der Waals surface area (Å²) in [5.41, 5.74) is 7.45. The molecule has 0 aliphatic carbocycles. The Balaban J connectivity index is 2.23. The molecule has 1 saturated heterocycles. The molecule has 3 nitrogen and oxygen atoms in total. The Morgan fingerprint density at radius 1 is 1.59 bits per heavy atom. The molecule has 0 spiro atoms. The van der Waals surface area contributed by atoms with Gasteiger partial charge in [0.2, 0.25) is 0 Å². The van der Waals surface area contributed by atoms with Crippen molar-refractivity contribution in [2.75, 3.05) is 6.54 Å². The number of aromatic nitrogens is 1. The van der Waals surface area contributed by atoms with E-state index in [0.29, 0.717) is 12.1 Å². The Bertz CT molecular complexity index is 337. The number of hydrogen-bond donors (Lipinski definition) is 1. The standard InChI is InChI=1S/C14H23N3/c1-3-13-7-5-9-17(13)14(11(2)15)12-6-4-8-16-10-12/h4,6,8,10-11,13-14H,3,5,7,9,15H2,1-2H3. The molecule has 1 aliphatic rings. The summed E-state index contributed by atoms with van der Waals surface area (Å²) in [5, 5.41) is 0. The number of hydrogen-bond acceptors (Lipinski definition) is 3. The van der Waals surface area contributed by atoms with Crippen LogP contribution in [0.1, 0.15) is 44.7 Å². The molecule has 0 aromatic carbocycles. The van der Waals surface area contributed by atoms with Crippen LogP contribution in [0, 0.1) is 0 Å². The first-order valence-corrected chi connectivity index (χ1v) is 6.65.